The number of amides is 1. The Hall–Kier alpha value is -2.04. The van der Waals surface area contributed by atoms with E-state index in [1.165, 1.54) is 0 Å². The first kappa shape index (κ1) is 17.8. The number of nitrogens with zero attached hydrogens (tertiary/aromatic N) is 3. The van der Waals surface area contributed by atoms with Gasteiger partial charge in [0.2, 0.25) is 5.91 Å². The summed E-state index contributed by atoms with van der Waals surface area (Å²) in [6.07, 6.45) is 4.07. The molecule has 0 aliphatic rings. The summed E-state index contributed by atoms with van der Waals surface area (Å²) >= 11 is 12.2. The molecule has 130 valence electrons. The minimum atomic E-state index is -0.156. The molecule has 0 saturated carbocycles. The van der Waals surface area contributed by atoms with Gasteiger partial charge in [0.1, 0.15) is 5.65 Å². The molecule has 2 aromatic heterocycles. The third-order valence-corrected chi connectivity index (χ3v) is 5.01. The number of hydrogen-bond donors (Lipinski definition) is 0. The van der Waals surface area contributed by atoms with Crippen LogP contribution >= 0.6 is 23.2 Å². The van der Waals surface area contributed by atoms with Gasteiger partial charge in [0.05, 0.1) is 18.2 Å². The number of imidazole rings is 1. The van der Waals surface area contributed by atoms with Gasteiger partial charge >= 0.3 is 0 Å². The van der Waals surface area contributed by atoms with Crippen LogP contribution in [0, 0.1) is 6.92 Å². The highest BCUT2D eigenvalue weighted by atomic mass is 35.5. The Morgan fingerprint density at radius 1 is 1.32 bits per heavy atom. The average Bonchev–Trinajstić information content (AvgIpc) is 2.97. The topological polar surface area (TPSA) is 37.6 Å². The van der Waals surface area contributed by atoms with Crippen molar-refractivity contribution in [1.29, 1.82) is 0 Å². The van der Waals surface area contributed by atoms with Crippen LogP contribution < -0.4 is 0 Å². The lowest BCUT2D eigenvalue weighted by atomic mass is 10.1. The van der Waals surface area contributed by atoms with Crippen molar-refractivity contribution < 1.29 is 4.79 Å². The Morgan fingerprint density at radius 3 is 2.76 bits per heavy atom. The van der Waals surface area contributed by atoms with E-state index in [1.54, 1.807) is 24.1 Å². The number of pyridine rings is 1. The fourth-order valence-electron chi connectivity index (χ4n) is 2.83. The molecule has 0 N–H and O–H groups in total. The molecule has 0 spiro atoms. The van der Waals surface area contributed by atoms with E-state index in [0.29, 0.717) is 10.0 Å². The molecular weight excluding hydrogens is 357 g/mol. The van der Waals surface area contributed by atoms with E-state index in [-0.39, 0.29) is 18.4 Å². The minimum Gasteiger partial charge on any atom is -0.339 e. The molecule has 0 fully saturated rings. The highest BCUT2D eigenvalue weighted by Crippen LogP contribution is 2.29. The minimum absolute atomic E-state index is 0.0143. The average molecular weight is 376 g/mol. The molecule has 3 aromatic rings. The van der Waals surface area contributed by atoms with Gasteiger partial charge in [0.15, 0.2) is 0 Å². The van der Waals surface area contributed by atoms with Crippen LogP contribution in [-0.4, -0.2) is 27.2 Å². The third-order valence-electron chi connectivity index (χ3n) is 4.45. The predicted molar refractivity (Wildman–Crippen MR) is 101 cm³/mol. The molecule has 1 atom stereocenters. The highest BCUT2D eigenvalue weighted by Gasteiger charge is 2.21. The fourth-order valence-corrected chi connectivity index (χ4v) is 3.40. The smallest absolute Gasteiger partial charge is 0.228 e. The zero-order chi connectivity index (χ0) is 18.1. The molecule has 0 bridgehead atoms. The van der Waals surface area contributed by atoms with Crippen LogP contribution in [0.15, 0.2) is 42.7 Å². The van der Waals surface area contributed by atoms with Gasteiger partial charge in [-0.25, -0.2) is 4.98 Å². The molecule has 1 amide bonds. The Labute approximate surface area is 157 Å². The largest absolute Gasteiger partial charge is 0.339 e. The lowest BCUT2D eigenvalue weighted by molar-refractivity contribution is -0.131. The van der Waals surface area contributed by atoms with Gasteiger partial charge in [0.25, 0.3) is 0 Å². The van der Waals surface area contributed by atoms with Crippen molar-refractivity contribution in [2.24, 2.45) is 0 Å². The van der Waals surface area contributed by atoms with E-state index in [0.717, 1.165) is 22.5 Å². The van der Waals surface area contributed by atoms with E-state index in [9.17, 15) is 4.79 Å². The molecular formula is C19H19Cl2N3O. The number of halogens is 2. The summed E-state index contributed by atoms with van der Waals surface area (Å²) < 4.78 is 1.94. The van der Waals surface area contributed by atoms with Crippen LogP contribution in [0.2, 0.25) is 10.0 Å². The second kappa shape index (κ2) is 7.06. The van der Waals surface area contributed by atoms with E-state index < -0.39 is 0 Å². The predicted octanol–water partition coefficient (Wildman–Crippen LogP) is 4.71. The lowest BCUT2D eigenvalue weighted by Crippen LogP contribution is -2.31. The fraction of sp³-hybridized carbons (Fsp3) is 0.263. The maximum atomic E-state index is 12.7. The summed E-state index contributed by atoms with van der Waals surface area (Å²) in [5, 5.41) is 1.14. The van der Waals surface area contributed by atoms with Crippen molar-refractivity contribution in [3.63, 3.8) is 0 Å². The molecule has 0 saturated heterocycles. The van der Waals surface area contributed by atoms with Gasteiger partial charge in [-0.2, -0.15) is 0 Å². The summed E-state index contributed by atoms with van der Waals surface area (Å²) in [6, 6.07) is 9.14. The number of rotatable bonds is 4. The first-order valence-electron chi connectivity index (χ1n) is 8.00. The first-order valence-corrected chi connectivity index (χ1v) is 8.76. The molecule has 1 aromatic carbocycles. The van der Waals surface area contributed by atoms with E-state index >= 15 is 0 Å². The van der Waals surface area contributed by atoms with Gasteiger partial charge in [-0.1, -0.05) is 35.3 Å². The zero-order valence-electron chi connectivity index (χ0n) is 14.3. The maximum absolute atomic E-state index is 12.7. The quantitative estimate of drug-likeness (QED) is 0.661. The van der Waals surface area contributed by atoms with Gasteiger partial charge in [0, 0.05) is 29.5 Å². The molecule has 3 rings (SSSR count). The molecule has 0 aliphatic carbocycles. The van der Waals surface area contributed by atoms with Crippen LogP contribution in [-0.2, 0) is 11.2 Å². The van der Waals surface area contributed by atoms with Crippen LogP contribution in [0.25, 0.3) is 5.65 Å². The van der Waals surface area contributed by atoms with Crippen molar-refractivity contribution in [2.75, 3.05) is 7.05 Å². The second-order valence-electron chi connectivity index (χ2n) is 6.18. The highest BCUT2D eigenvalue weighted by molar-refractivity contribution is 6.35. The van der Waals surface area contributed by atoms with Crippen LogP contribution in [0.3, 0.4) is 0 Å². The summed E-state index contributed by atoms with van der Waals surface area (Å²) in [4.78, 5) is 18.9. The molecule has 0 radical (unpaired) electrons. The molecule has 1 unspecified atom stereocenters. The Balaban J connectivity index is 1.78. The van der Waals surface area contributed by atoms with Crippen LogP contribution in [0.4, 0.5) is 0 Å². The lowest BCUT2D eigenvalue weighted by Gasteiger charge is -2.26. The third kappa shape index (κ3) is 3.65. The summed E-state index contributed by atoms with van der Waals surface area (Å²) in [7, 11) is 1.78. The molecule has 2 heterocycles. The van der Waals surface area contributed by atoms with Crippen molar-refractivity contribution in [3.05, 3.63) is 69.6 Å². The Bertz CT molecular complexity index is 936. The number of fused-ring (bicyclic) bond motifs is 1. The molecule has 4 nitrogen and oxygen atoms in total. The van der Waals surface area contributed by atoms with Gasteiger partial charge in [-0.05, 0) is 43.2 Å². The number of aromatic nitrogens is 2. The first-order chi connectivity index (χ1) is 11.9. The van der Waals surface area contributed by atoms with E-state index in [2.05, 4.69) is 4.98 Å². The SMILES string of the molecule is Cc1cccn2cc(CC(=O)N(C)C(C)c3ccc(Cl)cc3Cl)nc12. The van der Waals surface area contributed by atoms with Crippen molar-refractivity contribution in [3.8, 4) is 0 Å². The van der Waals surface area contributed by atoms with Crippen molar-refractivity contribution in [1.82, 2.24) is 14.3 Å². The number of benzene rings is 1. The van der Waals surface area contributed by atoms with Gasteiger partial charge < -0.3 is 9.30 Å². The summed E-state index contributed by atoms with van der Waals surface area (Å²) in [5.41, 5.74) is 3.57. The monoisotopic (exact) mass is 375 g/mol. The number of carbonyl (C=O) groups excluding carboxylic acids is 1. The zero-order valence-corrected chi connectivity index (χ0v) is 15.8. The van der Waals surface area contributed by atoms with Crippen molar-refractivity contribution in [2.45, 2.75) is 26.3 Å². The standard InChI is InChI=1S/C19H19Cl2N3O/c1-12-5-4-8-24-11-15(22-19(12)24)10-18(25)23(3)13(2)16-7-6-14(20)9-17(16)21/h4-9,11,13H,10H2,1-3H3. The maximum Gasteiger partial charge on any atom is 0.228 e. The number of hydrogen-bond acceptors (Lipinski definition) is 2. The number of carbonyl (C=O) groups is 1. The number of likely N-dealkylation sites (N-methyl/N-ethyl adjacent to an activating group) is 1. The van der Waals surface area contributed by atoms with E-state index in [4.69, 9.17) is 23.2 Å². The molecule has 0 aliphatic heterocycles. The van der Waals surface area contributed by atoms with Crippen molar-refractivity contribution >= 4 is 34.8 Å². The Morgan fingerprint density at radius 2 is 2.08 bits per heavy atom. The van der Waals surface area contributed by atoms with Crippen LogP contribution in [0.5, 0.6) is 0 Å². The summed E-state index contributed by atoms with van der Waals surface area (Å²) in [6.45, 7) is 3.95. The molecule has 25 heavy (non-hydrogen) atoms. The molecule has 6 heteroatoms. The van der Waals surface area contributed by atoms with Gasteiger partial charge in [-0.15, -0.1) is 0 Å². The normalized spacial score (nSPS) is 12.4. The second-order valence-corrected chi connectivity index (χ2v) is 7.02. The van der Waals surface area contributed by atoms with Crippen LogP contribution in [0.1, 0.15) is 29.8 Å². The summed E-state index contributed by atoms with van der Waals surface area (Å²) in [5.74, 6) is -0.0143. The van der Waals surface area contributed by atoms with Gasteiger partial charge in [-0.3, -0.25) is 4.79 Å². The number of aryl methyl sites for hydroxylation is 1. The Kier molecular flexibility index (Phi) is 5.02. The van der Waals surface area contributed by atoms with E-state index in [1.807, 2.05) is 48.8 Å².